The third-order valence-electron chi connectivity index (χ3n) is 13.0. The van der Waals surface area contributed by atoms with Crippen LogP contribution in [0.2, 0.25) is 0 Å². The maximum absolute atomic E-state index is 4.27. The van der Waals surface area contributed by atoms with E-state index in [9.17, 15) is 0 Å². The number of allylic oxidation sites excluding steroid dienone is 19. The average molecular weight is 612 g/mol. The lowest BCUT2D eigenvalue weighted by Gasteiger charge is -2.40. The van der Waals surface area contributed by atoms with Crippen molar-refractivity contribution in [1.29, 1.82) is 0 Å². The summed E-state index contributed by atoms with van der Waals surface area (Å²) >= 11 is 0. The quantitative estimate of drug-likeness (QED) is 0.312. The molecule has 1 fully saturated rings. The van der Waals surface area contributed by atoms with Gasteiger partial charge >= 0.3 is 0 Å². The summed E-state index contributed by atoms with van der Waals surface area (Å²) in [6.07, 6.45) is 53.5. The van der Waals surface area contributed by atoms with Gasteiger partial charge in [0.1, 0.15) is 0 Å². The highest BCUT2D eigenvalue weighted by Gasteiger charge is 2.54. The summed E-state index contributed by atoms with van der Waals surface area (Å²) in [5.41, 5.74) is 9.47. The lowest BCUT2D eigenvalue weighted by Crippen LogP contribution is -2.46. The van der Waals surface area contributed by atoms with Crippen LogP contribution in [0.15, 0.2) is 119 Å². The van der Waals surface area contributed by atoms with E-state index in [1.54, 1.807) is 22.7 Å². The summed E-state index contributed by atoms with van der Waals surface area (Å²) in [6.45, 7) is 0. The molecule has 0 spiro atoms. The second-order valence-corrected chi connectivity index (χ2v) is 15.6. The Morgan fingerprint density at radius 1 is 0.674 bits per heavy atom. The second kappa shape index (κ2) is 12.4. The van der Waals surface area contributed by atoms with E-state index in [-0.39, 0.29) is 6.29 Å². The van der Waals surface area contributed by atoms with Crippen LogP contribution in [0.3, 0.4) is 0 Å². The molecule has 3 nitrogen and oxygen atoms in total. The summed E-state index contributed by atoms with van der Waals surface area (Å²) in [4.78, 5) is 5.83. The van der Waals surface area contributed by atoms with Gasteiger partial charge in [0, 0.05) is 17.1 Å². The fourth-order valence-electron chi connectivity index (χ4n) is 10.6. The Kier molecular flexibility index (Phi) is 7.83. The fourth-order valence-corrected chi connectivity index (χ4v) is 10.6. The van der Waals surface area contributed by atoms with Gasteiger partial charge in [0.05, 0.1) is 12.1 Å². The van der Waals surface area contributed by atoms with Crippen LogP contribution in [0.25, 0.3) is 0 Å². The first-order valence-corrected chi connectivity index (χ1v) is 19.0. The average Bonchev–Trinajstić information content (AvgIpc) is 3.66. The standard InChI is InChI=1S/C43H53N3/c1-5-13-30(14-6-1)34-21-23-40-39(28-34)44-43-45(42-29-35(22-24-41(42)46(40)43)31-15-7-2-8-16-31)38-26-36(32-17-9-3-10-18-32)25-37(27-38)33-19-11-4-12-20-33/h1-3,5,7,9-11,17,19-20,25,27,29-32,34,36,41-44H,4,6,8,12-16,18,21-24,26,28H2. The van der Waals surface area contributed by atoms with Crippen molar-refractivity contribution in [3.05, 3.63) is 119 Å². The minimum Gasteiger partial charge on any atom is -0.350 e. The normalized spacial score (nSPS) is 38.1. The summed E-state index contributed by atoms with van der Waals surface area (Å²) < 4.78 is 0. The minimum atomic E-state index is 0.260. The number of hydrogen-bond donors (Lipinski definition) is 1. The molecule has 7 aliphatic carbocycles. The van der Waals surface area contributed by atoms with Crippen molar-refractivity contribution in [2.24, 2.45) is 29.6 Å². The zero-order chi connectivity index (χ0) is 30.5. The van der Waals surface area contributed by atoms with Crippen molar-refractivity contribution >= 4 is 0 Å². The van der Waals surface area contributed by atoms with Crippen LogP contribution in [-0.4, -0.2) is 28.2 Å². The molecule has 3 heteroatoms. The first-order chi connectivity index (χ1) is 22.8. The van der Waals surface area contributed by atoms with Crippen LogP contribution in [0.4, 0.5) is 0 Å². The van der Waals surface area contributed by atoms with Crippen LogP contribution in [0, 0.1) is 29.6 Å². The van der Waals surface area contributed by atoms with Crippen LogP contribution in [0.1, 0.15) is 96.3 Å². The molecular weight excluding hydrogens is 558 g/mol. The van der Waals surface area contributed by atoms with E-state index in [1.807, 2.05) is 0 Å². The molecule has 1 saturated heterocycles. The molecule has 2 aliphatic heterocycles. The molecule has 0 saturated carbocycles. The van der Waals surface area contributed by atoms with Gasteiger partial charge in [0.2, 0.25) is 0 Å². The van der Waals surface area contributed by atoms with Crippen molar-refractivity contribution in [3.63, 3.8) is 0 Å². The first kappa shape index (κ1) is 29.0. The Hall–Kier alpha value is -3.20. The molecule has 9 rings (SSSR count). The molecular formula is C43H53N3. The predicted molar refractivity (Wildman–Crippen MR) is 190 cm³/mol. The lowest BCUT2D eigenvalue weighted by molar-refractivity contribution is 0.166. The molecule has 0 radical (unpaired) electrons. The Morgan fingerprint density at radius 2 is 1.61 bits per heavy atom. The van der Waals surface area contributed by atoms with Gasteiger partial charge in [-0.25, -0.2) is 0 Å². The molecule has 1 N–H and O–H groups in total. The van der Waals surface area contributed by atoms with E-state index in [0.29, 0.717) is 23.9 Å². The predicted octanol–water partition coefficient (Wildman–Crippen LogP) is 9.91. The van der Waals surface area contributed by atoms with Crippen LogP contribution < -0.4 is 5.32 Å². The zero-order valence-electron chi connectivity index (χ0n) is 27.7. The number of hydrogen-bond acceptors (Lipinski definition) is 3. The zero-order valence-corrected chi connectivity index (χ0v) is 27.7. The Bertz CT molecular complexity index is 1520. The van der Waals surface area contributed by atoms with Crippen molar-refractivity contribution in [1.82, 2.24) is 15.1 Å². The van der Waals surface area contributed by atoms with Crippen LogP contribution in [0.5, 0.6) is 0 Å². The minimum absolute atomic E-state index is 0.260. The third kappa shape index (κ3) is 5.26. The van der Waals surface area contributed by atoms with Gasteiger partial charge in [-0.3, -0.25) is 0 Å². The van der Waals surface area contributed by atoms with E-state index >= 15 is 0 Å². The summed E-state index contributed by atoms with van der Waals surface area (Å²) in [5.74, 6) is 3.55. The number of fused-ring (bicyclic) bond motifs is 4. The largest absolute Gasteiger partial charge is 0.350 e. The monoisotopic (exact) mass is 611 g/mol. The highest BCUT2D eigenvalue weighted by molar-refractivity contribution is 5.51. The molecule has 0 aromatic rings. The molecule has 9 aliphatic rings. The van der Waals surface area contributed by atoms with Gasteiger partial charge in [-0.05, 0) is 143 Å². The maximum atomic E-state index is 4.27. The van der Waals surface area contributed by atoms with Gasteiger partial charge in [-0.1, -0.05) is 84.6 Å². The highest BCUT2D eigenvalue weighted by atomic mass is 15.6. The summed E-state index contributed by atoms with van der Waals surface area (Å²) in [5, 5.41) is 4.27. The van der Waals surface area contributed by atoms with Gasteiger partial charge in [0.15, 0.2) is 6.29 Å². The van der Waals surface area contributed by atoms with Crippen molar-refractivity contribution in [2.45, 2.75) is 115 Å². The maximum Gasteiger partial charge on any atom is 0.179 e. The smallest absolute Gasteiger partial charge is 0.179 e. The molecule has 46 heavy (non-hydrogen) atoms. The summed E-state index contributed by atoms with van der Waals surface area (Å²) in [6, 6.07) is 1.02. The van der Waals surface area contributed by atoms with Crippen molar-refractivity contribution in [2.75, 3.05) is 0 Å². The van der Waals surface area contributed by atoms with E-state index in [2.05, 4.69) is 100 Å². The van der Waals surface area contributed by atoms with E-state index in [1.165, 1.54) is 88.2 Å². The molecule has 8 atom stereocenters. The van der Waals surface area contributed by atoms with E-state index in [4.69, 9.17) is 0 Å². The van der Waals surface area contributed by atoms with E-state index in [0.717, 1.165) is 37.0 Å². The third-order valence-corrected chi connectivity index (χ3v) is 13.0. The van der Waals surface area contributed by atoms with Gasteiger partial charge in [0.25, 0.3) is 0 Å². The SMILES string of the molecule is C1=CCC(C2C=C(C3=CCCC=C3)C=C(N3C4C=C(C5CC=CCC5)CCC4N4C5=C(CC(C6CC=CCC6)CC5)NC34)C2)C=C1. The summed E-state index contributed by atoms with van der Waals surface area (Å²) in [7, 11) is 0. The molecule has 8 unspecified atom stereocenters. The number of nitrogens with one attached hydrogen (secondary N) is 1. The molecule has 2 heterocycles. The Morgan fingerprint density at radius 3 is 2.41 bits per heavy atom. The number of rotatable bonds is 5. The Labute approximate surface area is 277 Å². The molecule has 240 valence electrons. The highest BCUT2D eigenvalue weighted by Crippen LogP contribution is 2.51. The first-order valence-electron chi connectivity index (χ1n) is 19.0. The van der Waals surface area contributed by atoms with E-state index < -0.39 is 0 Å². The Balaban J connectivity index is 1.08. The van der Waals surface area contributed by atoms with Crippen molar-refractivity contribution in [3.8, 4) is 0 Å². The topological polar surface area (TPSA) is 18.5 Å². The van der Waals surface area contributed by atoms with Crippen molar-refractivity contribution < 1.29 is 0 Å². The number of nitrogens with zero attached hydrogens (tertiary/aromatic N) is 2. The molecule has 0 amide bonds. The van der Waals surface area contributed by atoms with Crippen LogP contribution >= 0.6 is 0 Å². The molecule has 0 bridgehead atoms. The lowest BCUT2D eigenvalue weighted by atomic mass is 9.75. The van der Waals surface area contributed by atoms with Gasteiger partial charge in [-0.15, -0.1) is 0 Å². The fraction of sp³-hybridized carbons (Fsp3) is 0.535. The molecule has 0 aromatic carbocycles. The van der Waals surface area contributed by atoms with Gasteiger partial charge < -0.3 is 15.1 Å². The molecule has 0 aromatic heterocycles. The van der Waals surface area contributed by atoms with Crippen LogP contribution in [-0.2, 0) is 0 Å². The second-order valence-electron chi connectivity index (χ2n) is 15.6. The van der Waals surface area contributed by atoms with Gasteiger partial charge in [-0.2, -0.15) is 0 Å².